The predicted molar refractivity (Wildman–Crippen MR) is 501 cm³/mol. The number of halogens is 6. The molecule has 0 bridgehead atoms. The number of nitrogens with two attached hydrogens (primary N) is 6. The molecule has 0 radical (unpaired) electrons. The predicted octanol–water partition coefficient (Wildman–Crippen LogP) is -4.58. The van der Waals surface area contributed by atoms with Gasteiger partial charge in [-0.1, -0.05) is 23.7 Å². The second-order valence-electron chi connectivity index (χ2n) is 35.8. The summed E-state index contributed by atoms with van der Waals surface area (Å²) in [5.41, 5.74) is 26.1. The molecule has 0 aromatic carbocycles. The summed E-state index contributed by atoms with van der Waals surface area (Å²) in [7, 11) is 0. The number of ether oxygens (including phenoxy) is 7. The summed E-state index contributed by atoms with van der Waals surface area (Å²) in [4.78, 5) is 56.7. The third-order valence-electron chi connectivity index (χ3n) is 26.0. The Kier molecular flexibility index (Phi) is 30.0. The van der Waals surface area contributed by atoms with Crippen molar-refractivity contribution in [3.63, 3.8) is 0 Å². The maximum absolute atomic E-state index is 15.0. The molecule has 7 saturated heterocycles. The number of alkyl halides is 6. The van der Waals surface area contributed by atoms with Gasteiger partial charge in [-0.05, 0) is 78.8 Å². The maximum atomic E-state index is 15.0. The third kappa shape index (κ3) is 18.5. The molecule has 0 amide bonds. The minimum atomic E-state index is -2.92. The molecule has 28 atom stereocenters. The summed E-state index contributed by atoms with van der Waals surface area (Å²) in [5.74, 6) is 3.48. The first-order chi connectivity index (χ1) is 70.4. The fourth-order valence-corrected chi connectivity index (χ4v) is 17.9. The van der Waals surface area contributed by atoms with E-state index in [0.717, 1.165) is 18.4 Å². The Morgan fingerprint density at radius 1 is 0.376 bits per heavy atom. The number of nitrogens with zero attached hydrogens (tertiary/aromatic N) is 24. The highest BCUT2D eigenvalue weighted by atomic mass is 19.2. The monoisotopic (exact) mass is 2090 g/mol. The maximum Gasteiger partial charge on any atom is 0.263 e. The number of aromatic nitrogens is 24. The number of hydrogen-bond donors (Lipinski definition) is 23. The number of aliphatic hydroxyl groups is 17. The first-order valence-corrected chi connectivity index (χ1v) is 44.7. The van der Waals surface area contributed by atoms with Crippen LogP contribution < -0.4 is 34.4 Å². The Hall–Kier alpha value is -14.2. The van der Waals surface area contributed by atoms with Gasteiger partial charge in [-0.2, -0.15) is 20.3 Å². The standard InChI is InChI=1S/C14H15N3O4.C13H14FN5O3.C13H13FN4O3.C13H14N4O4.C12H15F2N5O3.C12H14F2N4O3.C12H17N5O4/c1-2-14(20)12(19)11(7-18)21-13(14)10-4-3-9-8(15)5-6-16-17(9)10;1-3-13(14)9(21)7(4-20)22-12(13)19-5-16-8-10(15)17-6(2)18-11(8)19;1-2-13(14)10(20)9(6-19)21-11(13)8-5-16-12-7(15)3-4-17-18(8)12;1-2-13(20)10(19)9(6-18)21-11(13)8-5-15-12-7(14)3-4-16-17(8)12;1-5-6-7(18-10(15)17-5)19(4-16-6)9-11(2,13)8(21)12(14,3-20)22-9;1-6-7-8(16-4-15-6)18(5-17-7)10-11(2,13)9(20)12(14,3-19)21-10;1-5-15-9(13)7-10(16-5)17(4-14-7)11-12(2,20)8(19)6(3-18)21-11/h1,3-6,11-13,18-20H,7,15H2;1,5,7,9,12,20-21H,4H2,2H3,(H2,15,17,18);1,3-5,9-11,19-20H,6,15H2;1,3-5,9-11,18-20H,6,14H2;4,8-9,20-21H,3H2,1-2H3,(H2,15,17,18);4-5,9-10,19-20H,3H2,1-2H3;4,6,8,11,18-20H,3H2,1-2H3,(H2,13,15,16)/t11-,12-,13+,14-;7-,9-,12-,13-;2*9-,10-,11+,13-;8-,9+,11+,12+;9-,10+,11+,12+;6-,8-,11-,12-/m1111001/s1. The van der Waals surface area contributed by atoms with Crippen LogP contribution in [-0.2, 0) is 33.2 Å². The molecule has 60 heteroatoms. The van der Waals surface area contributed by atoms with E-state index in [4.69, 9.17) is 109 Å². The van der Waals surface area contributed by atoms with Crippen molar-refractivity contribution in [2.45, 2.75) is 216 Å². The van der Waals surface area contributed by atoms with Crippen molar-refractivity contribution in [3.05, 3.63) is 133 Å². The number of hydrogen-bond acceptors (Lipinski definition) is 47. The van der Waals surface area contributed by atoms with Crippen molar-refractivity contribution in [3.8, 4) is 49.4 Å². The minimum absolute atomic E-state index is 0.0560. The molecule has 14 aromatic rings. The molecule has 794 valence electrons. The minimum Gasteiger partial charge on any atom is -0.397 e. The number of nitrogen functional groups attached to an aromatic ring is 6. The molecule has 54 nitrogen and oxygen atoms in total. The van der Waals surface area contributed by atoms with Crippen molar-refractivity contribution >= 4 is 96.1 Å². The van der Waals surface area contributed by atoms with E-state index in [1.165, 1.54) is 96.8 Å². The summed E-state index contributed by atoms with van der Waals surface area (Å²) in [6.07, 6.45) is 9.09. The summed E-state index contributed by atoms with van der Waals surface area (Å²) in [5, 5.41) is 178. The van der Waals surface area contributed by atoms with Crippen LogP contribution in [-0.4, -0.2) is 374 Å². The van der Waals surface area contributed by atoms with Crippen LogP contribution >= 0.6 is 0 Å². The summed E-state index contributed by atoms with van der Waals surface area (Å²) in [6, 6.07) is 8.17. The van der Waals surface area contributed by atoms with Crippen molar-refractivity contribution in [1.29, 1.82) is 0 Å². The van der Waals surface area contributed by atoms with Gasteiger partial charge in [0.25, 0.3) is 11.7 Å². The average Bonchev–Trinajstić information content (AvgIpc) is 1.57. The van der Waals surface area contributed by atoms with E-state index in [-0.39, 0.29) is 45.7 Å². The molecule has 7 fully saturated rings. The molecule has 0 saturated carbocycles. The van der Waals surface area contributed by atoms with Crippen molar-refractivity contribution < 1.29 is 146 Å². The molecular formula is C89H102F6N30O24. The zero-order valence-corrected chi connectivity index (χ0v) is 79.3. The summed E-state index contributed by atoms with van der Waals surface area (Å²) >= 11 is 0. The second-order valence-corrected chi connectivity index (χ2v) is 35.8. The zero-order valence-electron chi connectivity index (χ0n) is 79.3. The van der Waals surface area contributed by atoms with E-state index in [9.17, 15) is 97.8 Å². The van der Waals surface area contributed by atoms with E-state index in [0.29, 0.717) is 90.5 Å². The fraction of sp³-hybridized carbons (Fsp3) is 0.472. The Bertz CT molecular complexity index is 7190. The molecule has 0 unspecified atom stereocenters. The van der Waals surface area contributed by atoms with Gasteiger partial charge in [0, 0.05) is 6.20 Å². The van der Waals surface area contributed by atoms with Crippen LogP contribution in [0.2, 0.25) is 0 Å². The van der Waals surface area contributed by atoms with E-state index in [1.54, 1.807) is 58.0 Å². The molecular weight excluding hydrogens is 1990 g/mol. The number of anilines is 6. The smallest absolute Gasteiger partial charge is 0.263 e. The van der Waals surface area contributed by atoms with Gasteiger partial charge in [0.1, 0.15) is 138 Å². The normalized spacial score (nSPS) is 33.3. The zero-order chi connectivity index (χ0) is 109. The van der Waals surface area contributed by atoms with Crippen LogP contribution in [0.3, 0.4) is 0 Å². The summed E-state index contributed by atoms with van der Waals surface area (Å²) < 4.78 is 134. The van der Waals surface area contributed by atoms with Gasteiger partial charge in [-0.25, -0.2) is 105 Å². The lowest BCUT2D eigenvalue weighted by atomic mass is 9.90. The Morgan fingerprint density at radius 3 is 1.21 bits per heavy atom. The van der Waals surface area contributed by atoms with E-state index >= 15 is 0 Å². The Labute approximate surface area is 835 Å². The molecule has 149 heavy (non-hydrogen) atoms. The number of terminal acetylenes is 4. The van der Waals surface area contributed by atoms with Crippen LogP contribution in [0.15, 0.2) is 93.0 Å². The SMILES string of the molecule is C#C[C@@]1(F)[C@H](O)[C@@H](CO)O[C@H]1c1cnc2c(N)ccnn12.C#C[C@@]1(F)[C@H](O)[C@@H](CO)O[C@H]1n1cnc2c(N)nc(C)nc21.C#C[C@@]1(O)[C@H](O)[C@@H](CO)O[C@H]1c1ccc2c(N)ccnn12.C#C[C@@]1(O)[C@H](O)[C@@H](CO)O[C@H]1c1cnc2c(N)ccnn12.Cc1nc(N)c2ncn([C@@H]3O[C@H](CO)[C@@H](O)[C@@]3(C)O)c2n1.Cc1nc(N)nc2c1ncn2[C@@H]1O[C@](F)(CO)[C@@H](O)[C@@]1(C)F.Cc1ncnc2c1ncn2[C@@H]1O[C@](F)(CO)[C@@H](O)[C@@]1(C)F. The number of aliphatic hydroxyl groups excluding tert-OH is 14. The average molecular weight is 2090 g/mol. The van der Waals surface area contributed by atoms with E-state index in [2.05, 4.69) is 96.9 Å². The van der Waals surface area contributed by atoms with Crippen LogP contribution in [0.5, 0.6) is 0 Å². The van der Waals surface area contributed by atoms with Gasteiger partial charge < -0.3 is 154 Å². The van der Waals surface area contributed by atoms with Crippen LogP contribution in [0.25, 0.3) is 61.5 Å². The van der Waals surface area contributed by atoms with Crippen LogP contribution in [0, 0.1) is 77.1 Å². The van der Waals surface area contributed by atoms with Gasteiger partial charge >= 0.3 is 0 Å². The van der Waals surface area contributed by atoms with Crippen molar-refractivity contribution in [2.24, 2.45) is 0 Å². The largest absolute Gasteiger partial charge is 0.397 e. The van der Waals surface area contributed by atoms with Crippen molar-refractivity contribution in [2.75, 3.05) is 80.7 Å². The molecule has 21 rings (SSSR count). The Morgan fingerprint density at radius 2 is 0.758 bits per heavy atom. The number of imidazole rings is 6. The molecule has 14 aromatic heterocycles. The first kappa shape index (κ1) is 109. The molecule has 7 aliphatic rings. The highest BCUT2D eigenvalue weighted by molar-refractivity contribution is 5.83. The van der Waals surface area contributed by atoms with Gasteiger partial charge in [-0.3, -0.25) is 18.3 Å². The lowest BCUT2D eigenvalue weighted by Crippen LogP contribution is -2.46. The highest BCUT2D eigenvalue weighted by Crippen LogP contribution is 2.53. The number of rotatable bonds is 14. The molecule has 7 aliphatic heterocycles. The van der Waals surface area contributed by atoms with Gasteiger partial charge in [0.15, 0.2) is 105 Å². The lowest BCUT2D eigenvalue weighted by Gasteiger charge is -2.27. The second kappa shape index (κ2) is 41.0. The van der Waals surface area contributed by atoms with Crippen molar-refractivity contribution in [1.82, 2.24) is 117 Å². The first-order valence-electron chi connectivity index (χ1n) is 44.7. The van der Waals surface area contributed by atoms with E-state index < -0.39 is 214 Å². The van der Waals surface area contributed by atoms with Gasteiger partial charge in [0.05, 0.1) is 134 Å². The molecule has 0 aliphatic carbocycles. The van der Waals surface area contributed by atoms with Gasteiger partial charge in [-0.15, -0.1) is 25.7 Å². The Balaban J connectivity index is 0.000000130. The quantitative estimate of drug-likeness (QED) is 0.0360. The van der Waals surface area contributed by atoms with E-state index in [1.807, 2.05) is 11.8 Å². The lowest BCUT2D eigenvalue weighted by molar-refractivity contribution is -0.206. The van der Waals surface area contributed by atoms with Crippen LogP contribution in [0.4, 0.5) is 61.0 Å². The third-order valence-corrected chi connectivity index (χ3v) is 26.0. The number of fused-ring (bicyclic) bond motifs is 7. The highest BCUT2D eigenvalue weighted by Gasteiger charge is 2.67. The van der Waals surface area contributed by atoms with Crippen LogP contribution in [0.1, 0.15) is 104 Å². The molecule has 21 heterocycles. The topological polar surface area (TPSA) is 817 Å². The fourth-order valence-electron chi connectivity index (χ4n) is 17.9. The molecule has 0 spiro atoms. The number of aryl methyl sites for hydroxylation is 4. The molecule has 29 N–H and O–H groups in total. The summed E-state index contributed by atoms with van der Waals surface area (Å²) in [6.45, 7) is 5.23. The van der Waals surface area contributed by atoms with Gasteiger partial charge in [0.2, 0.25) is 17.3 Å².